The van der Waals surface area contributed by atoms with Crippen molar-refractivity contribution < 1.29 is 32.1 Å². The predicted molar refractivity (Wildman–Crippen MR) is 99.2 cm³/mol. The molecule has 0 aromatic heterocycles. The summed E-state index contributed by atoms with van der Waals surface area (Å²) in [5.74, 6) is -3.19. The summed E-state index contributed by atoms with van der Waals surface area (Å²) in [4.78, 5) is 48.3. The highest BCUT2D eigenvalue weighted by Gasteiger charge is 2.45. The lowest BCUT2D eigenvalue weighted by Crippen LogP contribution is -2.67. The molecule has 0 radical (unpaired) electrons. The van der Waals surface area contributed by atoms with Gasteiger partial charge in [0, 0.05) is 7.05 Å². The van der Waals surface area contributed by atoms with E-state index in [-0.39, 0.29) is 4.31 Å². The Balaban J connectivity index is 2.05. The molecule has 0 bridgehead atoms. The van der Waals surface area contributed by atoms with Crippen molar-refractivity contribution >= 4 is 33.9 Å². The number of hydrogen-bond donors (Lipinski definition) is 5. The Morgan fingerprint density at radius 1 is 1.24 bits per heavy atom. The first-order chi connectivity index (χ1) is 13.5. The van der Waals surface area contributed by atoms with Crippen LogP contribution in [0.4, 0.5) is 0 Å². The van der Waals surface area contributed by atoms with Crippen molar-refractivity contribution in [2.24, 2.45) is 5.73 Å². The smallest absolute Gasteiger partial charge is 0.359 e. The molecule has 4 amide bonds. The van der Waals surface area contributed by atoms with Crippen LogP contribution in [0.15, 0.2) is 30.3 Å². The molecule has 1 aliphatic rings. The first-order valence-electron chi connectivity index (χ1n) is 8.45. The molecule has 0 aliphatic carbocycles. The fourth-order valence-electron chi connectivity index (χ4n) is 2.55. The van der Waals surface area contributed by atoms with Crippen molar-refractivity contribution in [1.82, 2.24) is 20.3 Å². The number of carbonyl (C=O) groups is 4. The summed E-state index contributed by atoms with van der Waals surface area (Å²) in [7, 11) is -3.36. The van der Waals surface area contributed by atoms with Gasteiger partial charge in [0.15, 0.2) is 0 Å². The second-order valence-corrected chi connectivity index (χ2v) is 7.57. The van der Waals surface area contributed by atoms with Crippen molar-refractivity contribution in [3.63, 3.8) is 0 Å². The van der Waals surface area contributed by atoms with Crippen LogP contribution in [0.25, 0.3) is 0 Å². The van der Waals surface area contributed by atoms with E-state index in [1.807, 2.05) is 0 Å². The van der Waals surface area contributed by atoms with E-state index in [0.29, 0.717) is 5.56 Å². The van der Waals surface area contributed by atoms with Gasteiger partial charge in [-0.2, -0.15) is 8.42 Å². The average molecular weight is 427 g/mol. The van der Waals surface area contributed by atoms with Gasteiger partial charge in [0.2, 0.25) is 17.7 Å². The maximum atomic E-state index is 12.5. The SMILES string of the molecule is CNC(=O)CC(NC(=O)[C@H](N)c1ccccc1)C(=O)NC1CN(S(=O)(=O)O)C1=O. The number of carbonyl (C=O) groups excluding carboxylic acids is 4. The molecule has 0 saturated carbocycles. The summed E-state index contributed by atoms with van der Waals surface area (Å²) < 4.78 is 30.9. The molecular formula is C16H21N5O7S. The van der Waals surface area contributed by atoms with Crippen LogP contribution in [0.2, 0.25) is 0 Å². The highest BCUT2D eigenvalue weighted by atomic mass is 32.2. The van der Waals surface area contributed by atoms with Crippen molar-refractivity contribution in [2.45, 2.75) is 24.5 Å². The highest BCUT2D eigenvalue weighted by Crippen LogP contribution is 2.15. The Kier molecular flexibility index (Phi) is 6.89. The molecule has 1 aromatic carbocycles. The van der Waals surface area contributed by atoms with E-state index in [1.54, 1.807) is 30.3 Å². The van der Waals surface area contributed by atoms with Gasteiger partial charge in [0.1, 0.15) is 18.1 Å². The quantitative estimate of drug-likeness (QED) is 0.221. The number of rotatable bonds is 8. The lowest BCUT2D eigenvalue weighted by molar-refractivity contribution is -0.141. The van der Waals surface area contributed by atoms with Crippen LogP contribution in [0.1, 0.15) is 18.0 Å². The number of nitrogens with two attached hydrogens (primary N) is 1. The average Bonchev–Trinajstić information content (AvgIpc) is 2.68. The van der Waals surface area contributed by atoms with Gasteiger partial charge in [-0.25, -0.2) is 4.31 Å². The van der Waals surface area contributed by atoms with Crippen LogP contribution in [0.3, 0.4) is 0 Å². The predicted octanol–water partition coefficient (Wildman–Crippen LogP) is -2.56. The molecule has 1 saturated heterocycles. The molecule has 2 unspecified atom stereocenters. The number of amides is 4. The molecule has 3 atom stereocenters. The summed E-state index contributed by atoms with van der Waals surface area (Å²) in [6.07, 6.45) is -0.432. The molecule has 2 rings (SSSR count). The Labute approximate surface area is 166 Å². The van der Waals surface area contributed by atoms with Gasteiger partial charge in [-0.15, -0.1) is 0 Å². The van der Waals surface area contributed by atoms with Crippen LogP contribution < -0.4 is 21.7 Å². The standard InChI is InChI=1S/C16H21N5O7S/c1-18-12(22)7-10(19-15(24)13(17)9-5-3-2-4-6-9)14(23)20-11-8-21(16(11)25)29(26,27)28/h2-6,10-11,13H,7-8,17H2,1H3,(H,18,22)(H,19,24)(H,20,23)(H,26,27,28)/t10?,11?,13-/m1/s1. The summed E-state index contributed by atoms with van der Waals surface area (Å²) in [5.41, 5.74) is 6.37. The van der Waals surface area contributed by atoms with Gasteiger partial charge < -0.3 is 21.7 Å². The van der Waals surface area contributed by atoms with Crippen molar-refractivity contribution in [2.75, 3.05) is 13.6 Å². The molecule has 6 N–H and O–H groups in total. The van der Waals surface area contributed by atoms with Crippen LogP contribution in [-0.2, 0) is 29.5 Å². The number of β-lactam (4-membered cyclic amide) rings is 1. The molecule has 12 nitrogen and oxygen atoms in total. The largest absolute Gasteiger partial charge is 0.362 e. The summed E-state index contributed by atoms with van der Waals surface area (Å²) in [6.45, 7) is -0.465. The first kappa shape index (κ1) is 22.3. The molecule has 1 aromatic rings. The number of nitrogens with zero attached hydrogens (tertiary/aromatic N) is 1. The minimum Gasteiger partial charge on any atom is -0.359 e. The van der Waals surface area contributed by atoms with E-state index in [1.165, 1.54) is 7.05 Å². The van der Waals surface area contributed by atoms with E-state index in [9.17, 15) is 27.6 Å². The van der Waals surface area contributed by atoms with E-state index < -0.39 is 65.0 Å². The van der Waals surface area contributed by atoms with E-state index in [4.69, 9.17) is 10.3 Å². The molecule has 1 heterocycles. The maximum Gasteiger partial charge on any atom is 0.362 e. The normalized spacial score (nSPS) is 18.2. The zero-order valence-corrected chi connectivity index (χ0v) is 16.2. The van der Waals surface area contributed by atoms with Crippen LogP contribution in [-0.4, -0.2) is 66.6 Å². The van der Waals surface area contributed by atoms with Crippen molar-refractivity contribution in [3.05, 3.63) is 35.9 Å². The zero-order chi connectivity index (χ0) is 21.8. The maximum absolute atomic E-state index is 12.5. The third-order valence-corrected chi connectivity index (χ3v) is 5.12. The molecule has 1 fully saturated rings. The number of nitrogens with one attached hydrogen (secondary N) is 3. The van der Waals surface area contributed by atoms with Crippen LogP contribution >= 0.6 is 0 Å². The first-order valence-corrected chi connectivity index (χ1v) is 9.85. The van der Waals surface area contributed by atoms with E-state index in [2.05, 4.69) is 16.0 Å². The summed E-state index contributed by atoms with van der Waals surface area (Å²) in [6, 6.07) is 4.67. The molecule has 1 aliphatic heterocycles. The third-order valence-electron chi connectivity index (χ3n) is 4.23. The van der Waals surface area contributed by atoms with E-state index >= 15 is 0 Å². The van der Waals surface area contributed by atoms with Gasteiger partial charge >= 0.3 is 10.3 Å². The Hall–Kier alpha value is -3.03. The summed E-state index contributed by atoms with van der Waals surface area (Å²) >= 11 is 0. The van der Waals surface area contributed by atoms with Gasteiger partial charge in [-0.05, 0) is 5.56 Å². The van der Waals surface area contributed by atoms with Crippen LogP contribution in [0, 0.1) is 0 Å². The van der Waals surface area contributed by atoms with E-state index in [0.717, 1.165) is 0 Å². The Bertz CT molecular complexity index is 905. The number of hydrogen-bond acceptors (Lipinski definition) is 7. The fraction of sp³-hybridized carbons (Fsp3) is 0.375. The lowest BCUT2D eigenvalue weighted by Gasteiger charge is -2.36. The topological polar surface area (TPSA) is 188 Å². The second kappa shape index (κ2) is 8.98. The minimum atomic E-state index is -4.71. The van der Waals surface area contributed by atoms with Crippen LogP contribution in [0.5, 0.6) is 0 Å². The van der Waals surface area contributed by atoms with Crippen molar-refractivity contribution in [1.29, 1.82) is 0 Å². The monoisotopic (exact) mass is 427 g/mol. The molecular weight excluding hydrogens is 406 g/mol. The zero-order valence-electron chi connectivity index (χ0n) is 15.4. The highest BCUT2D eigenvalue weighted by molar-refractivity contribution is 7.84. The lowest BCUT2D eigenvalue weighted by atomic mass is 10.1. The Morgan fingerprint density at radius 2 is 1.86 bits per heavy atom. The Morgan fingerprint density at radius 3 is 2.38 bits per heavy atom. The molecule has 158 valence electrons. The van der Waals surface area contributed by atoms with Gasteiger partial charge in [-0.1, -0.05) is 30.3 Å². The fourth-order valence-corrected chi connectivity index (χ4v) is 3.24. The third kappa shape index (κ3) is 5.49. The second-order valence-electron chi connectivity index (χ2n) is 6.24. The van der Waals surface area contributed by atoms with Gasteiger partial charge in [0.05, 0.1) is 13.0 Å². The van der Waals surface area contributed by atoms with Crippen molar-refractivity contribution in [3.8, 4) is 0 Å². The van der Waals surface area contributed by atoms with Gasteiger partial charge in [0.25, 0.3) is 5.91 Å². The summed E-state index contributed by atoms with van der Waals surface area (Å²) in [5, 5.41) is 6.91. The minimum absolute atomic E-state index is 0.176. The van der Waals surface area contributed by atoms with Gasteiger partial charge in [-0.3, -0.25) is 23.7 Å². The molecule has 13 heteroatoms. The number of benzene rings is 1. The molecule has 0 spiro atoms. The molecule has 29 heavy (non-hydrogen) atoms.